The van der Waals surface area contributed by atoms with Crippen LogP contribution in [-0.4, -0.2) is 35.2 Å². The molecule has 1 aromatic carbocycles. The molecule has 0 saturated carbocycles. The van der Waals surface area contributed by atoms with Crippen molar-refractivity contribution in [2.24, 2.45) is 5.92 Å². The van der Waals surface area contributed by atoms with Crippen LogP contribution in [0, 0.1) is 5.92 Å². The summed E-state index contributed by atoms with van der Waals surface area (Å²) in [5.74, 6) is 1.19. The molecular formula is C24H36N4O5. The lowest BCUT2D eigenvalue weighted by atomic mass is 10.2. The van der Waals surface area contributed by atoms with Crippen LogP contribution >= 0.6 is 0 Å². The Balaban J connectivity index is 2.16. The second-order valence-electron chi connectivity index (χ2n) is 8.23. The topological polar surface area (TPSA) is 120 Å². The van der Waals surface area contributed by atoms with Crippen molar-refractivity contribution in [2.75, 3.05) is 30.4 Å². The predicted molar refractivity (Wildman–Crippen MR) is 130 cm³/mol. The highest BCUT2D eigenvalue weighted by Crippen LogP contribution is 2.26. The van der Waals surface area contributed by atoms with Crippen LogP contribution in [0.4, 0.5) is 11.5 Å². The van der Waals surface area contributed by atoms with Gasteiger partial charge in [0.15, 0.2) is 17.2 Å². The van der Waals surface area contributed by atoms with Gasteiger partial charge in [-0.1, -0.05) is 39.3 Å². The van der Waals surface area contributed by atoms with Crippen molar-refractivity contribution in [1.82, 2.24) is 9.55 Å². The van der Waals surface area contributed by atoms with Gasteiger partial charge in [0.2, 0.25) is 5.91 Å². The minimum atomic E-state index is -0.649. The summed E-state index contributed by atoms with van der Waals surface area (Å²) in [4.78, 5) is 41.7. The van der Waals surface area contributed by atoms with Crippen LogP contribution in [0.15, 0.2) is 33.9 Å². The first-order chi connectivity index (χ1) is 15.8. The van der Waals surface area contributed by atoms with Crippen molar-refractivity contribution in [3.63, 3.8) is 0 Å². The number of nitrogen functional groups attached to an aromatic ring is 1. The van der Waals surface area contributed by atoms with Gasteiger partial charge in [0.05, 0.1) is 13.2 Å². The molecule has 0 spiro atoms. The Morgan fingerprint density at radius 1 is 1.12 bits per heavy atom. The van der Waals surface area contributed by atoms with Crippen molar-refractivity contribution < 1.29 is 14.3 Å². The molecule has 0 radical (unpaired) electrons. The number of carbonyl (C=O) groups is 1. The predicted octanol–water partition coefficient (Wildman–Crippen LogP) is 3.17. The van der Waals surface area contributed by atoms with Crippen molar-refractivity contribution in [2.45, 2.75) is 59.9 Å². The molecule has 1 aromatic heterocycles. The third-order valence-corrected chi connectivity index (χ3v) is 5.01. The Kier molecular flexibility index (Phi) is 10.0. The molecule has 2 aromatic rings. The van der Waals surface area contributed by atoms with E-state index < -0.39 is 11.2 Å². The molecule has 2 rings (SSSR count). The van der Waals surface area contributed by atoms with E-state index in [4.69, 9.17) is 15.2 Å². The number of nitrogens with one attached hydrogen (secondary N) is 1. The second kappa shape index (κ2) is 12.7. The molecule has 0 fully saturated rings. The zero-order valence-corrected chi connectivity index (χ0v) is 20.1. The molecule has 1 heterocycles. The van der Waals surface area contributed by atoms with Crippen molar-refractivity contribution in [3.05, 3.63) is 45.1 Å². The van der Waals surface area contributed by atoms with Crippen molar-refractivity contribution in [3.8, 4) is 11.5 Å². The second-order valence-corrected chi connectivity index (χ2v) is 8.23. The molecule has 9 heteroatoms. The number of hydrogen-bond donors (Lipinski definition) is 2. The molecule has 0 bridgehead atoms. The molecule has 33 heavy (non-hydrogen) atoms. The smallest absolute Gasteiger partial charge is 0.330 e. The molecule has 0 saturated heterocycles. The first-order valence-corrected chi connectivity index (χ1v) is 11.6. The highest BCUT2D eigenvalue weighted by Gasteiger charge is 2.24. The minimum Gasteiger partial charge on any atom is -0.490 e. The number of ether oxygens (including phenoxy) is 2. The SMILES string of the molecule is CCCCN(C(=O)CCCOc1ccccc1OCC)c1c(N)n(CC(C)C)c(=O)[nH]c1=O. The van der Waals surface area contributed by atoms with Crippen LogP contribution in [0.25, 0.3) is 0 Å². The third-order valence-electron chi connectivity index (χ3n) is 5.01. The fraction of sp³-hybridized carbons (Fsp3) is 0.542. The average Bonchev–Trinajstić information content (AvgIpc) is 2.77. The Hall–Kier alpha value is -3.23. The maximum atomic E-state index is 13.1. The number of nitrogens with two attached hydrogens (primary N) is 1. The summed E-state index contributed by atoms with van der Waals surface area (Å²) in [5.41, 5.74) is 5.05. The number of rotatable bonds is 13. The lowest BCUT2D eigenvalue weighted by Gasteiger charge is -2.25. The van der Waals surface area contributed by atoms with Gasteiger partial charge in [0.1, 0.15) is 5.82 Å². The molecule has 0 atom stereocenters. The van der Waals surface area contributed by atoms with E-state index in [1.165, 1.54) is 9.47 Å². The lowest BCUT2D eigenvalue weighted by Crippen LogP contribution is -2.42. The maximum Gasteiger partial charge on any atom is 0.330 e. The van der Waals surface area contributed by atoms with Gasteiger partial charge in [-0.3, -0.25) is 19.1 Å². The Morgan fingerprint density at radius 2 is 1.79 bits per heavy atom. The molecular weight excluding hydrogens is 424 g/mol. The fourth-order valence-corrected chi connectivity index (χ4v) is 3.45. The molecule has 0 aliphatic carbocycles. The Labute approximate surface area is 194 Å². The summed E-state index contributed by atoms with van der Waals surface area (Å²) in [6.45, 7) is 9.32. The van der Waals surface area contributed by atoms with Crippen LogP contribution in [0.5, 0.6) is 11.5 Å². The quantitative estimate of drug-likeness (QED) is 0.443. The van der Waals surface area contributed by atoms with E-state index in [2.05, 4.69) is 4.98 Å². The molecule has 0 aliphatic rings. The number of anilines is 2. The fourth-order valence-electron chi connectivity index (χ4n) is 3.45. The number of carbonyl (C=O) groups excluding carboxylic acids is 1. The van der Waals surface area contributed by atoms with Crippen molar-refractivity contribution in [1.29, 1.82) is 0 Å². The van der Waals surface area contributed by atoms with E-state index in [0.29, 0.717) is 50.6 Å². The van der Waals surface area contributed by atoms with Crippen LogP contribution < -0.4 is 31.4 Å². The molecule has 1 amide bonds. The number of amides is 1. The van der Waals surface area contributed by atoms with Gasteiger partial charge in [-0.2, -0.15) is 0 Å². The minimum absolute atomic E-state index is 0.0174. The summed E-state index contributed by atoms with van der Waals surface area (Å²) in [6, 6.07) is 7.38. The molecule has 0 aliphatic heterocycles. The number of hydrogen-bond acceptors (Lipinski definition) is 6. The normalized spacial score (nSPS) is 10.9. The van der Waals surface area contributed by atoms with Gasteiger partial charge in [-0.05, 0) is 37.8 Å². The van der Waals surface area contributed by atoms with Crippen LogP contribution in [-0.2, 0) is 11.3 Å². The molecule has 9 nitrogen and oxygen atoms in total. The van der Waals surface area contributed by atoms with Gasteiger partial charge in [-0.25, -0.2) is 4.79 Å². The Bertz CT molecular complexity index is 1030. The van der Waals surface area contributed by atoms with Gasteiger partial charge >= 0.3 is 5.69 Å². The highest BCUT2D eigenvalue weighted by molar-refractivity contribution is 5.95. The maximum absolute atomic E-state index is 13.1. The van der Waals surface area contributed by atoms with Crippen molar-refractivity contribution >= 4 is 17.4 Å². The zero-order chi connectivity index (χ0) is 24.4. The highest BCUT2D eigenvalue weighted by atomic mass is 16.5. The summed E-state index contributed by atoms with van der Waals surface area (Å²) in [7, 11) is 0. The standard InChI is InChI=1S/C24H36N4O5/c1-5-7-14-27(21-22(25)28(16-17(3)4)24(31)26-23(21)30)20(29)13-10-15-33-19-12-9-8-11-18(19)32-6-2/h8-9,11-12,17H,5-7,10,13-16,25H2,1-4H3,(H,26,30,31). The number of para-hydroxylation sites is 2. The number of H-pyrrole nitrogens is 1. The van der Waals surface area contributed by atoms with E-state index in [0.717, 1.165) is 6.42 Å². The first-order valence-electron chi connectivity index (χ1n) is 11.6. The molecule has 3 N–H and O–H groups in total. The summed E-state index contributed by atoms with van der Waals surface area (Å²) in [5, 5.41) is 0. The van der Waals surface area contributed by atoms with Crippen LogP contribution in [0.2, 0.25) is 0 Å². The molecule has 0 unspecified atom stereocenters. The number of unbranched alkanes of at least 4 members (excludes halogenated alkanes) is 1. The summed E-state index contributed by atoms with van der Waals surface area (Å²) < 4.78 is 12.7. The van der Waals surface area contributed by atoms with E-state index in [1.54, 1.807) is 0 Å². The first kappa shape index (κ1) is 26.0. The van der Waals surface area contributed by atoms with E-state index in [-0.39, 0.29) is 29.8 Å². The number of benzene rings is 1. The lowest BCUT2D eigenvalue weighted by molar-refractivity contribution is -0.118. The third kappa shape index (κ3) is 7.13. The summed E-state index contributed by atoms with van der Waals surface area (Å²) in [6.07, 6.45) is 2.16. The van der Waals surface area contributed by atoms with Crippen LogP contribution in [0.3, 0.4) is 0 Å². The Morgan fingerprint density at radius 3 is 2.39 bits per heavy atom. The van der Waals surface area contributed by atoms with Crippen LogP contribution in [0.1, 0.15) is 53.4 Å². The zero-order valence-electron chi connectivity index (χ0n) is 20.1. The van der Waals surface area contributed by atoms with Gasteiger partial charge in [-0.15, -0.1) is 0 Å². The van der Waals surface area contributed by atoms with E-state index in [1.807, 2.05) is 52.0 Å². The van der Waals surface area contributed by atoms with Gasteiger partial charge in [0, 0.05) is 19.5 Å². The monoisotopic (exact) mass is 460 g/mol. The number of aromatic nitrogens is 2. The largest absolute Gasteiger partial charge is 0.490 e. The van der Waals surface area contributed by atoms with Gasteiger partial charge in [0.25, 0.3) is 5.56 Å². The molecule has 182 valence electrons. The van der Waals surface area contributed by atoms with Gasteiger partial charge < -0.3 is 20.1 Å². The number of nitrogens with zero attached hydrogens (tertiary/aromatic N) is 2. The average molecular weight is 461 g/mol. The number of aromatic amines is 1. The van der Waals surface area contributed by atoms with E-state index in [9.17, 15) is 14.4 Å². The van der Waals surface area contributed by atoms with E-state index >= 15 is 0 Å². The summed E-state index contributed by atoms with van der Waals surface area (Å²) >= 11 is 0.